The van der Waals surface area contributed by atoms with E-state index in [2.05, 4.69) is 0 Å². The van der Waals surface area contributed by atoms with E-state index in [0.717, 1.165) is 0 Å². The summed E-state index contributed by atoms with van der Waals surface area (Å²) < 4.78 is 8.66. The van der Waals surface area contributed by atoms with Gasteiger partial charge in [0.05, 0.1) is 18.9 Å². The van der Waals surface area contributed by atoms with E-state index in [-0.39, 0.29) is 48.9 Å². The minimum absolute atomic E-state index is 0. The van der Waals surface area contributed by atoms with Gasteiger partial charge in [-0.2, -0.15) is 0 Å². The van der Waals surface area contributed by atoms with Crippen molar-refractivity contribution in [3.05, 3.63) is 35.4 Å². The van der Waals surface area contributed by atoms with Gasteiger partial charge in [0.25, 0.3) is 0 Å². The van der Waals surface area contributed by atoms with Crippen LogP contribution in [0.4, 0.5) is 0 Å². The molecule has 0 amide bonds. The van der Waals surface area contributed by atoms with E-state index in [9.17, 15) is 9.59 Å². The third-order valence-corrected chi connectivity index (χ3v) is 1.39. The summed E-state index contributed by atoms with van der Waals surface area (Å²) in [5.74, 6) is -2.46. The number of carbonyl (C=O) groups is 2. The van der Waals surface area contributed by atoms with Crippen molar-refractivity contribution >= 4 is 57.5 Å². The van der Waals surface area contributed by atoms with Crippen molar-refractivity contribution in [2.45, 2.75) is 0 Å². The van der Waals surface area contributed by atoms with Crippen LogP contribution in [0.5, 0.6) is 0 Å². The second-order valence-electron chi connectivity index (χ2n) is 2.62. The largest absolute Gasteiger partial charge is 2.00 e. The molecule has 0 radical (unpaired) electrons. The monoisotopic (exact) mass is 302 g/mol. The van der Waals surface area contributed by atoms with E-state index in [1.165, 1.54) is 24.3 Å². The molecule has 8 nitrogen and oxygen atoms in total. The molecule has 3 N–H and O–H groups in total. The van der Waals surface area contributed by atoms with Crippen LogP contribution in [0.15, 0.2) is 24.3 Å². The number of carboxylic acid groups (broad SMARTS) is 2. The maximum absolute atomic E-state index is 10.5. The standard InChI is InChI=1S/C8H6O4.Ca.H3O4P/c9-7(10)5-3-1-2-4-6(5)8(11)12;;1-5(2,3)4/h1-4H,(H,9,10)(H,11,12);;(H3,1,2,3,4)/q;+2;/p-2. The average molecular weight is 302 g/mol. The van der Waals surface area contributed by atoms with Crippen LogP contribution in [0.3, 0.4) is 0 Å². The van der Waals surface area contributed by atoms with Gasteiger partial charge >= 0.3 is 49.7 Å². The number of aromatic carboxylic acids is 2. The van der Waals surface area contributed by atoms with Gasteiger partial charge in [0, 0.05) is 0 Å². The average Bonchev–Trinajstić information content (AvgIpc) is 2.15. The van der Waals surface area contributed by atoms with Crippen LogP contribution in [0.2, 0.25) is 0 Å². The first-order valence-electron chi connectivity index (χ1n) is 3.93. The molecule has 0 bridgehead atoms. The Bertz CT molecular complexity index is 427. The molecule has 1 aromatic carbocycles. The zero-order valence-corrected chi connectivity index (χ0v) is 11.9. The number of hydrogen-bond acceptors (Lipinski definition) is 5. The molecule has 0 unspecified atom stereocenters. The molecule has 0 atom stereocenters. The Balaban J connectivity index is 0. The van der Waals surface area contributed by atoms with Gasteiger partial charge in [-0.1, -0.05) is 12.1 Å². The third kappa shape index (κ3) is 9.55. The predicted octanol–water partition coefficient (Wildman–Crippen LogP) is -1.49. The van der Waals surface area contributed by atoms with Crippen LogP contribution in [-0.4, -0.2) is 64.8 Å². The van der Waals surface area contributed by atoms with Crippen molar-refractivity contribution in [2.24, 2.45) is 0 Å². The minimum Gasteiger partial charge on any atom is -0.790 e. The van der Waals surface area contributed by atoms with Crippen LogP contribution in [-0.2, 0) is 4.57 Å². The third-order valence-electron chi connectivity index (χ3n) is 1.39. The van der Waals surface area contributed by atoms with Crippen LogP contribution < -0.4 is 9.79 Å². The van der Waals surface area contributed by atoms with Gasteiger partial charge in [0.15, 0.2) is 0 Å². The van der Waals surface area contributed by atoms with E-state index in [1.807, 2.05) is 0 Å². The Kier molecular flexibility index (Phi) is 9.49. The van der Waals surface area contributed by atoms with Gasteiger partial charge in [-0.15, -0.1) is 0 Å². The van der Waals surface area contributed by atoms with E-state index < -0.39 is 19.8 Å². The molecular weight excluding hydrogens is 295 g/mol. The molecule has 0 fully saturated rings. The van der Waals surface area contributed by atoms with Crippen molar-refractivity contribution in [3.8, 4) is 0 Å². The summed E-state index contributed by atoms with van der Waals surface area (Å²) in [4.78, 5) is 45.2. The van der Waals surface area contributed by atoms with E-state index in [0.29, 0.717) is 0 Å². The summed E-state index contributed by atoms with van der Waals surface area (Å²) in [5, 5.41) is 17.1. The molecule has 0 aliphatic carbocycles. The van der Waals surface area contributed by atoms with Gasteiger partial charge in [0.2, 0.25) is 0 Å². The zero-order chi connectivity index (χ0) is 13.6. The second-order valence-corrected chi connectivity index (χ2v) is 3.56. The molecule has 1 rings (SSSR count). The van der Waals surface area contributed by atoms with E-state index in [1.54, 1.807) is 0 Å². The van der Waals surface area contributed by atoms with Gasteiger partial charge < -0.3 is 29.5 Å². The summed E-state index contributed by atoms with van der Waals surface area (Å²) in [6.45, 7) is 0. The number of rotatable bonds is 2. The molecule has 1 aromatic rings. The van der Waals surface area contributed by atoms with E-state index >= 15 is 0 Å². The van der Waals surface area contributed by atoms with Gasteiger partial charge in [0.1, 0.15) is 0 Å². The summed E-state index contributed by atoms with van der Waals surface area (Å²) in [5.41, 5.74) is -0.380. The predicted molar refractivity (Wildman–Crippen MR) is 55.9 cm³/mol. The topological polar surface area (TPSA) is 158 Å². The van der Waals surface area contributed by atoms with Crippen LogP contribution in [0.1, 0.15) is 20.7 Å². The fraction of sp³-hybridized carbons (Fsp3) is 0. The molecule has 0 aliphatic rings. The number of benzene rings is 1. The summed E-state index contributed by atoms with van der Waals surface area (Å²) in [7, 11) is -5.14. The molecular formula is C8H7CaO8P. The molecule has 10 heteroatoms. The molecule has 0 aliphatic heterocycles. The molecule has 0 aromatic heterocycles. The number of phosphoric acid groups is 1. The SMILES string of the molecule is O=C(O)c1ccccc1C(=O)O.O=P([O-])([O-])O.[Ca+2]. The van der Waals surface area contributed by atoms with Crippen molar-refractivity contribution in [1.82, 2.24) is 0 Å². The minimum atomic E-state index is -5.14. The van der Waals surface area contributed by atoms with Crippen LogP contribution in [0.25, 0.3) is 0 Å². The summed E-state index contributed by atoms with van der Waals surface area (Å²) in [6.07, 6.45) is 0. The van der Waals surface area contributed by atoms with Gasteiger partial charge in [-0.25, -0.2) is 9.59 Å². The van der Waals surface area contributed by atoms with Crippen molar-refractivity contribution in [1.29, 1.82) is 0 Å². The molecule has 18 heavy (non-hydrogen) atoms. The van der Waals surface area contributed by atoms with Crippen molar-refractivity contribution in [2.75, 3.05) is 0 Å². The Morgan fingerprint density at radius 1 is 1.00 bits per heavy atom. The summed E-state index contributed by atoms with van der Waals surface area (Å²) in [6, 6.07) is 5.48. The molecule has 0 saturated carbocycles. The quantitative estimate of drug-likeness (QED) is 0.440. The Morgan fingerprint density at radius 3 is 1.39 bits per heavy atom. The fourth-order valence-electron chi connectivity index (χ4n) is 0.856. The first-order valence-corrected chi connectivity index (χ1v) is 5.43. The Labute approximate surface area is 131 Å². The van der Waals surface area contributed by atoms with Gasteiger partial charge in [-0.3, -0.25) is 0 Å². The normalized spacial score (nSPS) is 9.50. The molecule has 94 valence electrons. The Hall–Kier alpha value is -0.470. The maximum atomic E-state index is 10.5. The first kappa shape index (κ1) is 19.9. The Morgan fingerprint density at radius 2 is 1.22 bits per heavy atom. The zero-order valence-electron chi connectivity index (χ0n) is 8.85. The number of carboxylic acids is 2. The maximum Gasteiger partial charge on any atom is 2.00 e. The van der Waals surface area contributed by atoms with Crippen LogP contribution in [0, 0.1) is 0 Å². The smallest absolute Gasteiger partial charge is 0.790 e. The van der Waals surface area contributed by atoms with Crippen LogP contribution >= 0.6 is 7.82 Å². The number of hydrogen-bond donors (Lipinski definition) is 3. The van der Waals surface area contributed by atoms with Crippen molar-refractivity contribution < 1.29 is 39.0 Å². The first-order chi connectivity index (χ1) is 7.63. The fourth-order valence-corrected chi connectivity index (χ4v) is 0.856. The van der Waals surface area contributed by atoms with E-state index in [4.69, 9.17) is 29.5 Å². The van der Waals surface area contributed by atoms with Crippen molar-refractivity contribution in [3.63, 3.8) is 0 Å². The summed E-state index contributed by atoms with van der Waals surface area (Å²) >= 11 is 0. The molecule has 0 spiro atoms. The molecule has 0 saturated heterocycles. The van der Waals surface area contributed by atoms with Gasteiger partial charge in [-0.05, 0) is 12.1 Å². The molecule has 0 heterocycles. The second kappa shape index (κ2) is 8.60.